The van der Waals surface area contributed by atoms with Gasteiger partial charge < -0.3 is 0 Å². The lowest BCUT2D eigenvalue weighted by molar-refractivity contribution is 0.668. The normalized spacial score (nSPS) is 12.7. The summed E-state index contributed by atoms with van der Waals surface area (Å²) in [4.78, 5) is 0. The molecule has 1 heterocycles. The number of hydrogen-bond acceptors (Lipinski definition) is 1. The summed E-state index contributed by atoms with van der Waals surface area (Å²) in [6.07, 6.45) is 6.22. The van der Waals surface area contributed by atoms with E-state index in [4.69, 9.17) is 0 Å². The number of thiophene rings is 1. The molecule has 0 bridgehead atoms. The molecule has 0 N–H and O–H groups in total. The van der Waals surface area contributed by atoms with Crippen LogP contribution < -0.4 is 0 Å². The third kappa shape index (κ3) is 7.04. The average molecular weight is 751 g/mol. The van der Waals surface area contributed by atoms with Gasteiger partial charge in [0.05, 0.1) is 0 Å². The molecule has 276 valence electrons. The van der Waals surface area contributed by atoms with Gasteiger partial charge in [0.15, 0.2) is 0 Å². The molecule has 3 heteroatoms. The van der Waals surface area contributed by atoms with Gasteiger partial charge in [-0.25, -0.2) is 0 Å². The van der Waals surface area contributed by atoms with Gasteiger partial charge >= 0.3 is 0 Å². The van der Waals surface area contributed by atoms with Crippen LogP contribution in [0.15, 0.2) is 66.0 Å². The van der Waals surface area contributed by atoms with E-state index >= 15 is 0 Å². The summed E-state index contributed by atoms with van der Waals surface area (Å²) in [5.74, 6) is 7.91. The molecule has 0 nitrogen and oxygen atoms in total. The van der Waals surface area contributed by atoms with E-state index in [1.807, 2.05) is 11.3 Å². The molecule has 0 atom stereocenters. The summed E-state index contributed by atoms with van der Waals surface area (Å²) in [6, 6.07) is 23.8. The van der Waals surface area contributed by atoms with Crippen LogP contribution in [0.3, 0.4) is 0 Å². The second-order valence-corrected chi connectivity index (χ2v) is 29.2. The van der Waals surface area contributed by atoms with Gasteiger partial charge in [-0.2, -0.15) is 0 Å². The lowest BCUT2D eigenvalue weighted by Gasteiger charge is -2.38. The minimum atomic E-state index is -1.96. The average Bonchev–Trinajstić information content (AvgIpc) is 3.61. The lowest BCUT2D eigenvalue weighted by atomic mass is 9.87. The molecule has 6 aromatic rings. The van der Waals surface area contributed by atoms with Gasteiger partial charge in [-0.15, -0.1) is 22.4 Å². The molecule has 0 saturated heterocycles. The molecule has 1 aromatic heterocycles. The third-order valence-corrected chi connectivity index (χ3v) is 25.9. The zero-order valence-electron chi connectivity index (χ0n) is 34.7. The maximum absolute atomic E-state index is 4.12. The summed E-state index contributed by atoms with van der Waals surface area (Å²) in [6.45, 7) is 28.8. The number of hydrogen-bond donors (Lipinski definition) is 0. The van der Waals surface area contributed by atoms with Gasteiger partial charge in [-0.3, -0.25) is 0 Å². The highest BCUT2D eigenvalue weighted by atomic mass is 32.1. The predicted molar refractivity (Wildman–Crippen MR) is 246 cm³/mol. The van der Waals surface area contributed by atoms with Crippen molar-refractivity contribution in [2.75, 3.05) is 0 Å². The van der Waals surface area contributed by atoms with E-state index in [1.165, 1.54) is 95.5 Å². The molecule has 0 saturated carbocycles. The monoisotopic (exact) mass is 750 g/mol. The molecule has 6 rings (SSSR count). The van der Waals surface area contributed by atoms with Crippen molar-refractivity contribution in [3.05, 3.63) is 82.7 Å². The van der Waals surface area contributed by atoms with E-state index in [0.29, 0.717) is 27.7 Å². The molecule has 0 amide bonds. The van der Waals surface area contributed by atoms with Crippen LogP contribution in [0, 0.1) is 22.9 Å². The van der Waals surface area contributed by atoms with E-state index in [0.717, 1.165) is 6.42 Å². The molecule has 0 fully saturated rings. The molecule has 0 unspecified atom stereocenters. The van der Waals surface area contributed by atoms with Gasteiger partial charge in [0.1, 0.15) is 16.1 Å². The molecule has 0 radical (unpaired) electrons. The van der Waals surface area contributed by atoms with E-state index in [9.17, 15) is 0 Å². The number of benzene rings is 5. The first-order valence-corrected chi connectivity index (χ1v) is 26.3. The SMILES string of the molecule is CCCCCCc1cccc2c1ccc1c3cc(C#C[Si](C(C)C)(C(C)C)C(C)C)c4c5ccsc5ccc4c3cc(C#C[Si](C)(C(C)C)C(C)C)c21. The lowest BCUT2D eigenvalue weighted by Crippen LogP contribution is -2.43. The van der Waals surface area contributed by atoms with Crippen molar-refractivity contribution in [3.63, 3.8) is 0 Å². The first kappa shape index (κ1) is 39.4. The Morgan fingerprint density at radius 1 is 0.547 bits per heavy atom. The molecule has 0 aliphatic carbocycles. The maximum Gasteiger partial charge on any atom is 0.146 e. The molecular weight excluding hydrogens is 689 g/mol. The van der Waals surface area contributed by atoms with Crippen LogP contribution in [0.1, 0.15) is 119 Å². The van der Waals surface area contributed by atoms with Crippen LogP contribution in [0.25, 0.3) is 53.2 Å². The van der Waals surface area contributed by atoms with E-state index < -0.39 is 16.1 Å². The smallest absolute Gasteiger partial charge is 0.144 e. The minimum Gasteiger partial charge on any atom is -0.144 e. The number of fused-ring (bicyclic) bond motifs is 9. The second-order valence-electron chi connectivity index (χ2n) is 17.6. The number of rotatable bonds is 10. The zero-order chi connectivity index (χ0) is 38.2. The van der Waals surface area contributed by atoms with Crippen LogP contribution in [-0.2, 0) is 6.42 Å². The van der Waals surface area contributed by atoms with Crippen molar-refractivity contribution in [1.29, 1.82) is 0 Å². The van der Waals surface area contributed by atoms with E-state index in [2.05, 4.69) is 172 Å². The Morgan fingerprint density at radius 3 is 1.68 bits per heavy atom. The molecule has 0 aliphatic rings. The van der Waals surface area contributed by atoms with E-state index in [-0.39, 0.29) is 0 Å². The van der Waals surface area contributed by atoms with Crippen LogP contribution in [0.2, 0.25) is 34.3 Å². The van der Waals surface area contributed by atoms with Gasteiger partial charge in [-0.05, 0) is 108 Å². The fourth-order valence-electron chi connectivity index (χ4n) is 9.45. The van der Waals surface area contributed by atoms with Gasteiger partial charge in [-0.1, -0.05) is 150 Å². The minimum absolute atomic E-state index is 0.582. The summed E-state index contributed by atoms with van der Waals surface area (Å²) in [5.41, 5.74) is 14.9. The van der Waals surface area contributed by atoms with Gasteiger partial charge in [0, 0.05) is 32.0 Å². The summed E-state index contributed by atoms with van der Waals surface area (Å²) in [5, 5.41) is 14.1. The summed E-state index contributed by atoms with van der Waals surface area (Å²) >= 11 is 1.83. The maximum atomic E-state index is 4.12. The summed E-state index contributed by atoms with van der Waals surface area (Å²) in [7, 11) is -3.83. The highest BCUT2D eigenvalue weighted by Gasteiger charge is 2.41. The van der Waals surface area contributed by atoms with Crippen molar-refractivity contribution in [2.45, 2.75) is 143 Å². The van der Waals surface area contributed by atoms with Crippen LogP contribution in [0.5, 0.6) is 0 Å². The fraction of sp³-hybridized carbons (Fsp3) is 0.440. The molecule has 0 spiro atoms. The Kier molecular flexibility index (Phi) is 11.7. The highest BCUT2D eigenvalue weighted by molar-refractivity contribution is 7.17. The van der Waals surface area contributed by atoms with Gasteiger partial charge in [0.2, 0.25) is 0 Å². The predicted octanol–water partition coefficient (Wildman–Crippen LogP) is 16.0. The molecule has 53 heavy (non-hydrogen) atoms. The van der Waals surface area contributed by atoms with Crippen LogP contribution >= 0.6 is 11.3 Å². The Morgan fingerprint density at radius 2 is 1.09 bits per heavy atom. The Labute approximate surface area is 327 Å². The van der Waals surface area contributed by atoms with Crippen molar-refractivity contribution < 1.29 is 0 Å². The van der Waals surface area contributed by atoms with Crippen molar-refractivity contribution in [3.8, 4) is 22.9 Å². The second kappa shape index (κ2) is 15.8. The summed E-state index contributed by atoms with van der Waals surface area (Å²) < 4.78 is 1.33. The van der Waals surface area contributed by atoms with Crippen LogP contribution in [0.4, 0.5) is 0 Å². The molecular formula is C50H62SSi2. The fourth-order valence-corrected chi connectivity index (χ4v) is 17.8. The first-order chi connectivity index (χ1) is 25.3. The topological polar surface area (TPSA) is 0 Å². The molecule has 0 aliphatic heterocycles. The first-order valence-electron chi connectivity index (χ1n) is 20.6. The molecule has 5 aromatic carbocycles. The number of unbranched alkanes of at least 4 members (excludes halogenated alkanes) is 3. The highest BCUT2D eigenvalue weighted by Crippen LogP contribution is 2.44. The van der Waals surface area contributed by atoms with Crippen molar-refractivity contribution >= 4 is 80.7 Å². The van der Waals surface area contributed by atoms with Crippen molar-refractivity contribution in [1.82, 2.24) is 0 Å². The van der Waals surface area contributed by atoms with Crippen LogP contribution in [-0.4, -0.2) is 16.1 Å². The standard InChI is InChI=1S/C50H62SSi2/c1-13-14-15-16-18-38-19-17-20-42-41(38)21-22-43-46-32-40(27-30-53(35(6)7,36(8)9)37(10)11)50-44(23-24-48-45(50)25-28-51-48)47(46)31-39(49(42)43)26-29-52(12,33(2)3)34(4)5/h17,19-25,28,31-37H,13-16,18H2,1-12H3. The largest absolute Gasteiger partial charge is 0.146 e. The quantitative estimate of drug-likeness (QED) is 0.0566. The Balaban J connectivity index is 1.76. The number of aryl methyl sites for hydroxylation is 1. The van der Waals surface area contributed by atoms with E-state index in [1.54, 1.807) is 0 Å². The third-order valence-electron chi connectivity index (χ3n) is 13.2. The Hall–Kier alpha value is -3.35. The Bertz CT molecular complexity index is 2390. The van der Waals surface area contributed by atoms with Gasteiger partial charge in [0.25, 0.3) is 0 Å². The zero-order valence-corrected chi connectivity index (χ0v) is 37.5. The van der Waals surface area contributed by atoms with Crippen molar-refractivity contribution in [2.24, 2.45) is 0 Å².